The lowest BCUT2D eigenvalue weighted by molar-refractivity contribution is -0.385. The van der Waals surface area contributed by atoms with E-state index in [-0.39, 0.29) is 12.0 Å². The van der Waals surface area contributed by atoms with Gasteiger partial charge in [0, 0.05) is 12.0 Å². The summed E-state index contributed by atoms with van der Waals surface area (Å²) in [4.78, 5) is 73.7. The number of nitrogens with two attached hydrogens (primary N) is 1. The zero-order valence-corrected chi connectivity index (χ0v) is 16.5. The van der Waals surface area contributed by atoms with Gasteiger partial charge in [-0.05, 0) is 23.8 Å². The number of aliphatic hydroxyl groups excluding tert-OH is 1. The maximum atomic E-state index is 13.4. The van der Waals surface area contributed by atoms with Crippen LogP contribution < -0.4 is 5.73 Å². The van der Waals surface area contributed by atoms with Gasteiger partial charge in [-0.15, -0.1) is 0 Å². The average molecular weight is 446 g/mol. The molecule has 168 valence electrons. The van der Waals surface area contributed by atoms with Gasteiger partial charge in [-0.3, -0.25) is 34.1 Å². The topological polar surface area (TPSA) is 215 Å². The molecule has 2 unspecified atom stereocenters. The van der Waals surface area contributed by atoms with Crippen molar-refractivity contribution >= 4 is 34.7 Å². The molecule has 1 aromatic rings. The SMILES string of the molecule is C[C@H]1c2ccc([N+](=O)[O-])c(O)c2C(=O)C2C(=O)[C@]3(O)C(=O)C(C(N)=O)C(=O)[C@H](O)[C@@H]3C[C@@H]21. The summed E-state index contributed by atoms with van der Waals surface area (Å²) in [6.07, 6.45) is -2.35. The van der Waals surface area contributed by atoms with Gasteiger partial charge in [-0.2, -0.15) is 0 Å². The van der Waals surface area contributed by atoms with E-state index in [9.17, 15) is 49.4 Å². The third-order valence-electron chi connectivity index (χ3n) is 7.08. The molecule has 32 heavy (non-hydrogen) atoms. The van der Waals surface area contributed by atoms with Crippen molar-refractivity contribution in [3.63, 3.8) is 0 Å². The van der Waals surface area contributed by atoms with Crippen molar-refractivity contribution in [1.82, 2.24) is 0 Å². The van der Waals surface area contributed by atoms with Gasteiger partial charge in [0.15, 0.2) is 34.7 Å². The van der Waals surface area contributed by atoms with Crippen LogP contribution in [0.4, 0.5) is 5.69 Å². The van der Waals surface area contributed by atoms with E-state index in [4.69, 9.17) is 5.73 Å². The maximum absolute atomic E-state index is 13.4. The fraction of sp³-hybridized carbons (Fsp3) is 0.450. The molecule has 1 amide bonds. The number of rotatable bonds is 2. The van der Waals surface area contributed by atoms with E-state index in [1.165, 1.54) is 6.07 Å². The number of amides is 1. The third kappa shape index (κ3) is 2.47. The highest BCUT2D eigenvalue weighted by Gasteiger charge is 2.69. The monoisotopic (exact) mass is 446 g/mol. The van der Waals surface area contributed by atoms with Crippen molar-refractivity contribution in [3.8, 4) is 5.75 Å². The number of hydrogen-bond acceptors (Lipinski definition) is 10. The Kier molecular flexibility index (Phi) is 4.57. The van der Waals surface area contributed by atoms with E-state index in [1.807, 2.05) is 0 Å². The highest BCUT2D eigenvalue weighted by atomic mass is 16.6. The number of fused-ring (bicyclic) bond motifs is 3. The number of carbonyl (C=O) groups is 5. The normalized spacial score (nSPS) is 36.2. The van der Waals surface area contributed by atoms with Gasteiger partial charge < -0.3 is 21.1 Å². The number of hydrogen-bond donors (Lipinski definition) is 4. The lowest BCUT2D eigenvalue weighted by atomic mass is 9.51. The Hall–Kier alpha value is -3.51. The number of ketones is 4. The molecule has 7 atom stereocenters. The number of nitrogens with zero attached hydrogens (tertiary/aromatic N) is 1. The zero-order valence-electron chi connectivity index (χ0n) is 16.5. The number of benzene rings is 1. The number of aromatic hydroxyl groups is 1. The molecule has 0 spiro atoms. The van der Waals surface area contributed by atoms with Crippen LogP contribution in [0.1, 0.15) is 35.2 Å². The Morgan fingerprint density at radius 3 is 2.41 bits per heavy atom. The number of Topliss-reactive ketones (excluding diaryl/α,β-unsaturated/α-hetero) is 4. The molecule has 3 aliphatic rings. The van der Waals surface area contributed by atoms with E-state index in [0.717, 1.165) is 6.07 Å². The highest BCUT2D eigenvalue weighted by Crippen LogP contribution is 2.54. The largest absolute Gasteiger partial charge is 0.502 e. The number of carbonyl (C=O) groups excluding carboxylic acids is 5. The molecule has 0 saturated heterocycles. The number of phenolic OH excluding ortho intramolecular Hbond substituents is 1. The molecule has 12 heteroatoms. The van der Waals surface area contributed by atoms with Crippen LogP contribution in [-0.4, -0.2) is 61.0 Å². The van der Waals surface area contributed by atoms with Crippen LogP contribution in [0.3, 0.4) is 0 Å². The third-order valence-corrected chi connectivity index (χ3v) is 7.08. The summed E-state index contributed by atoms with van der Waals surface area (Å²) in [6, 6.07) is 2.28. The Morgan fingerprint density at radius 2 is 1.84 bits per heavy atom. The first-order valence-electron chi connectivity index (χ1n) is 9.72. The number of nitro groups is 1. The molecule has 3 aliphatic carbocycles. The zero-order chi connectivity index (χ0) is 23.9. The van der Waals surface area contributed by atoms with Crippen molar-refractivity contribution in [2.75, 3.05) is 0 Å². The molecular formula is C20H18N2O10. The van der Waals surface area contributed by atoms with E-state index in [2.05, 4.69) is 0 Å². The second-order valence-electron chi connectivity index (χ2n) is 8.47. The quantitative estimate of drug-likeness (QED) is 0.241. The van der Waals surface area contributed by atoms with Gasteiger partial charge >= 0.3 is 5.69 Å². The summed E-state index contributed by atoms with van der Waals surface area (Å²) >= 11 is 0. The van der Waals surface area contributed by atoms with Crippen LogP contribution in [0.15, 0.2) is 12.1 Å². The van der Waals surface area contributed by atoms with Gasteiger partial charge in [-0.1, -0.05) is 13.0 Å². The predicted octanol–water partition coefficient (Wildman–Crippen LogP) is -1.23. The summed E-state index contributed by atoms with van der Waals surface area (Å²) in [5, 5.41) is 43.1. The molecule has 0 aliphatic heterocycles. The highest BCUT2D eigenvalue weighted by molar-refractivity contribution is 6.32. The van der Waals surface area contributed by atoms with E-state index < -0.39 is 92.3 Å². The second-order valence-corrected chi connectivity index (χ2v) is 8.47. The van der Waals surface area contributed by atoms with Crippen LogP contribution in [0.5, 0.6) is 5.75 Å². The van der Waals surface area contributed by atoms with Gasteiger partial charge in [0.1, 0.15) is 6.10 Å². The maximum Gasteiger partial charge on any atom is 0.311 e. The molecule has 0 radical (unpaired) electrons. The average Bonchev–Trinajstić information content (AvgIpc) is 2.71. The van der Waals surface area contributed by atoms with Crippen LogP contribution in [0, 0.1) is 33.8 Å². The van der Waals surface area contributed by atoms with Crippen LogP contribution in [0.2, 0.25) is 0 Å². The molecular weight excluding hydrogens is 428 g/mol. The Labute approximate surface area is 179 Å². The minimum Gasteiger partial charge on any atom is -0.502 e. The Bertz CT molecular complexity index is 1140. The number of nitro benzene ring substituents is 1. The van der Waals surface area contributed by atoms with Gasteiger partial charge in [-0.25, -0.2) is 0 Å². The second kappa shape index (κ2) is 6.74. The molecule has 2 saturated carbocycles. The van der Waals surface area contributed by atoms with Crippen molar-refractivity contribution in [2.24, 2.45) is 29.4 Å². The van der Waals surface area contributed by atoms with Crippen molar-refractivity contribution in [3.05, 3.63) is 33.4 Å². The molecule has 12 nitrogen and oxygen atoms in total. The van der Waals surface area contributed by atoms with Gasteiger partial charge in [0.05, 0.1) is 16.4 Å². The molecule has 2 fully saturated rings. The first-order chi connectivity index (χ1) is 14.8. The Balaban J connectivity index is 1.89. The minimum atomic E-state index is -3.03. The molecule has 1 aromatic carbocycles. The predicted molar refractivity (Wildman–Crippen MR) is 101 cm³/mol. The summed E-state index contributed by atoms with van der Waals surface area (Å²) < 4.78 is 0. The van der Waals surface area contributed by atoms with Crippen LogP contribution in [0.25, 0.3) is 0 Å². The van der Waals surface area contributed by atoms with E-state index in [1.54, 1.807) is 6.92 Å². The first kappa shape index (κ1) is 21.7. The van der Waals surface area contributed by atoms with Crippen molar-refractivity contribution in [1.29, 1.82) is 0 Å². The molecule has 0 aromatic heterocycles. The Morgan fingerprint density at radius 1 is 1.22 bits per heavy atom. The van der Waals surface area contributed by atoms with Gasteiger partial charge in [0.25, 0.3) is 0 Å². The van der Waals surface area contributed by atoms with Crippen LogP contribution in [-0.2, 0) is 19.2 Å². The minimum absolute atomic E-state index is 0.218. The standard InChI is InChI=1S/C20H18N2O10/c1-5-6-2-3-9(22(31)32)14(24)10(6)15(25)11-7(5)4-8-13(23)16(26)12(19(21)29)18(28)20(8,30)17(11)27/h2-3,5,7-8,11-13,23-24,30H,4H2,1H3,(H2,21,29)/t5-,7+,8-,11?,12?,13+,20-/m0/s1. The smallest absolute Gasteiger partial charge is 0.311 e. The lowest BCUT2D eigenvalue weighted by Crippen LogP contribution is -2.72. The summed E-state index contributed by atoms with van der Waals surface area (Å²) in [6.45, 7) is 1.58. The summed E-state index contributed by atoms with van der Waals surface area (Å²) in [7, 11) is 0. The molecule has 5 N–H and O–H groups in total. The van der Waals surface area contributed by atoms with E-state index in [0.29, 0.717) is 0 Å². The molecule has 0 bridgehead atoms. The fourth-order valence-corrected chi connectivity index (χ4v) is 5.44. The van der Waals surface area contributed by atoms with Crippen molar-refractivity contribution in [2.45, 2.75) is 31.0 Å². The summed E-state index contributed by atoms with van der Waals surface area (Å²) in [5.41, 5.74) is 1.03. The van der Waals surface area contributed by atoms with Gasteiger partial charge in [0.2, 0.25) is 11.7 Å². The van der Waals surface area contributed by atoms with Crippen LogP contribution >= 0.6 is 0 Å². The number of aliphatic hydroxyl groups is 2. The first-order valence-corrected chi connectivity index (χ1v) is 9.72. The number of primary amides is 1. The molecule has 0 heterocycles. The van der Waals surface area contributed by atoms with Crippen molar-refractivity contribution < 1.29 is 44.2 Å². The number of phenols is 1. The molecule has 4 rings (SSSR count). The fourth-order valence-electron chi connectivity index (χ4n) is 5.44. The summed E-state index contributed by atoms with van der Waals surface area (Å²) in [5.74, 6) is -14.6. The van der Waals surface area contributed by atoms with E-state index >= 15 is 0 Å². The lowest BCUT2D eigenvalue weighted by Gasteiger charge is -2.51.